The second-order valence-corrected chi connectivity index (χ2v) is 6.02. The molecule has 0 spiro atoms. The lowest BCUT2D eigenvalue weighted by Crippen LogP contribution is -2.18. The van der Waals surface area contributed by atoms with Crippen LogP contribution in [-0.2, 0) is 6.54 Å². The molecule has 9 heteroatoms. The molecular weight excluding hydrogens is 348 g/mol. The van der Waals surface area contributed by atoms with Crippen LogP contribution in [0.1, 0.15) is 21.7 Å². The lowest BCUT2D eigenvalue weighted by molar-refractivity contribution is 0.0706. The molecule has 0 bridgehead atoms. The third kappa shape index (κ3) is 3.11. The van der Waals surface area contributed by atoms with Crippen molar-refractivity contribution >= 4 is 23.0 Å². The predicted octanol–water partition coefficient (Wildman–Crippen LogP) is 2.14. The van der Waals surface area contributed by atoms with Crippen molar-refractivity contribution in [1.29, 1.82) is 0 Å². The molecule has 0 radical (unpaired) electrons. The SMILES string of the molecule is Cc1ccc(-c2nc(N)nc3c2ncn3Cc2ccc(C(=O)NO)cc2)o1. The Morgan fingerprint density at radius 3 is 2.67 bits per heavy atom. The zero-order valence-corrected chi connectivity index (χ0v) is 14.4. The van der Waals surface area contributed by atoms with E-state index in [4.69, 9.17) is 15.4 Å². The molecule has 0 unspecified atom stereocenters. The van der Waals surface area contributed by atoms with Crippen LogP contribution in [0.15, 0.2) is 47.1 Å². The maximum Gasteiger partial charge on any atom is 0.274 e. The first-order chi connectivity index (χ1) is 13.0. The van der Waals surface area contributed by atoms with Crippen LogP contribution >= 0.6 is 0 Å². The van der Waals surface area contributed by atoms with E-state index in [9.17, 15) is 4.79 Å². The fraction of sp³-hybridized carbons (Fsp3) is 0.111. The number of nitrogens with one attached hydrogen (secondary N) is 1. The summed E-state index contributed by atoms with van der Waals surface area (Å²) >= 11 is 0. The number of nitrogen functional groups attached to an aromatic ring is 1. The van der Waals surface area contributed by atoms with Gasteiger partial charge in [-0.3, -0.25) is 10.0 Å². The number of amides is 1. The van der Waals surface area contributed by atoms with Crippen LogP contribution in [0.4, 0.5) is 5.95 Å². The van der Waals surface area contributed by atoms with Crippen molar-refractivity contribution in [3.63, 3.8) is 0 Å². The van der Waals surface area contributed by atoms with Crippen LogP contribution in [-0.4, -0.2) is 30.6 Å². The molecule has 0 aliphatic carbocycles. The molecule has 0 saturated heterocycles. The van der Waals surface area contributed by atoms with Crippen LogP contribution in [0.25, 0.3) is 22.6 Å². The Morgan fingerprint density at radius 1 is 1.22 bits per heavy atom. The summed E-state index contributed by atoms with van der Waals surface area (Å²) < 4.78 is 7.49. The van der Waals surface area contributed by atoms with Crippen LogP contribution in [0.2, 0.25) is 0 Å². The molecule has 0 saturated carbocycles. The van der Waals surface area contributed by atoms with E-state index in [0.29, 0.717) is 34.7 Å². The number of fused-ring (bicyclic) bond motifs is 1. The van der Waals surface area contributed by atoms with Gasteiger partial charge < -0.3 is 14.7 Å². The molecule has 136 valence electrons. The molecule has 27 heavy (non-hydrogen) atoms. The molecule has 9 nitrogen and oxygen atoms in total. The Balaban J connectivity index is 1.71. The maximum atomic E-state index is 11.4. The Morgan fingerprint density at radius 2 is 2.00 bits per heavy atom. The zero-order chi connectivity index (χ0) is 19.0. The molecule has 4 rings (SSSR count). The van der Waals surface area contributed by atoms with Gasteiger partial charge in [-0.1, -0.05) is 12.1 Å². The molecule has 0 atom stereocenters. The van der Waals surface area contributed by atoms with E-state index in [-0.39, 0.29) is 5.95 Å². The third-order valence-corrected chi connectivity index (χ3v) is 4.13. The number of hydrogen-bond donors (Lipinski definition) is 3. The minimum absolute atomic E-state index is 0.128. The highest BCUT2D eigenvalue weighted by Gasteiger charge is 2.16. The van der Waals surface area contributed by atoms with Gasteiger partial charge in [-0.15, -0.1) is 0 Å². The van der Waals surface area contributed by atoms with Crippen molar-refractivity contribution in [1.82, 2.24) is 25.0 Å². The van der Waals surface area contributed by atoms with E-state index in [1.807, 2.05) is 23.6 Å². The molecule has 0 fully saturated rings. The van der Waals surface area contributed by atoms with Gasteiger partial charge in [0.2, 0.25) is 5.95 Å². The number of benzene rings is 1. The average molecular weight is 364 g/mol. The number of nitrogens with zero attached hydrogens (tertiary/aromatic N) is 4. The molecule has 3 aromatic heterocycles. The van der Waals surface area contributed by atoms with Gasteiger partial charge in [0.15, 0.2) is 11.4 Å². The summed E-state index contributed by atoms with van der Waals surface area (Å²) in [5.74, 6) is 0.912. The van der Waals surface area contributed by atoms with Gasteiger partial charge in [0.1, 0.15) is 17.0 Å². The minimum atomic E-state index is -0.562. The number of aromatic nitrogens is 4. The quantitative estimate of drug-likeness (QED) is 0.373. The minimum Gasteiger partial charge on any atom is -0.460 e. The smallest absolute Gasteiger partial charge is 0.274 e. The number of anilines is 1. The normalized spacial score (nSPS) is 11.0. The Labute approximate surface area is 153 Å². The molecule has 4 aromatic rings. The molecule has 3 heterocycles. The van der Waals surface area contributed by atoms with Crippen LogP contribution in [0.3, 0.4) is 0 Å². The number of furan rings is 1. The highest BCUT2D eigenvalue weighted by atomic mass is 16.5. The number of nitrogens with two attached hydrogens (primary N) is 1. The molecule has 0 aliphatic heterocycles. The Kier molecular flexibility index (Phi) is 4.05. The van der Waals surface area contributed by atoms with E-state index in [2.05, 4.69) is 15.0 Å². The molecule has 1 amide bonds. The summed E-state index contributed by atoms with van der Waals surface area (Å²) in [4.78, 5) is 24.4. The largest absolute Gasteiger partial charge is 0.460 e. The van der Waals surface area contributed by atoms with Crippen molar-refractivity contribution < 1.29 is 14.4 Å². The number of carbonyl (C=O) groups is 1. The van der Waals surface area contributed by atoms with E-state index in [1.54, 1.807) is 36.1 Å². The lowest BCUT2D eigenvalue weighted by atomic mass is 10.1. The molecule has 0 aliphatic rings. The summed E-state index contributed by atoms with van der Waals surface area (Å²) in [6.45, 7) is 2.33. The van der Waals surface area contributed by atoms with Gasteiger partial charge in [0.25, 0.3) is 5.91 Å². The highest BCUT2D eigenvalue weighted by Crippen LogP contribution is 2.27. The number of aryl methyl sites for hydroxylation is 1. The summed E-state index contributed by atoms with van der Waals surface area (Å²) in [7, 11) is 0. The number of hydrogen-bond acceptors (Lipinski definition) is 7. The van der Waals surface area contributed by atoms with Gasteiger partial charge >= 0.3 is 0 Å². The second-order valence-electron chi connectivity index (χ2n) is 6.02. The van der Waals surface area contributed by atoms with Crippen molar-refractivity contribution in [2.45, 2.75) is 13.5 Å². The van der Waals surface area contributed by atoms with Crippen LogP contribution in [0, 0.1) is 6.92 Å². The zero-order valence-electron chi connectivity index (χ0n) is 14.4. The molecular formula is C18H16N6O3. The fourth-order valence-electron chi connectivity index (χ4n) is 2.83. The third-order valence-electron chi connectivity index (χ3n) is 4.13. The van der Waals surface area contributed by atoms with E-state index < -0.39 is 5.91 Å². The standard InChI is InChI=1S/C18H16N6O3/c1-10-2-7-13(27-10)14-15-16(22-18(19)21-14)24(9-20-15)8-11-3-5-12(6-4-11)17(25)23-26/h2-7,9,26H,8H2,1H3,(H,23,25)(H2,19,21,22). The number of rotatable bonds is 4. The summed E-state index contributed by atoms with van der Waals surface area (Å²) in [6.07, 6.45) is 1.66. The lowest BCUT2D eigenvalue weighted by Gasteiger charge is -2.06. The first kappa shape index (κ1) is 16.7. The van der Waals surface area contributed by atoms with Gasteiger partial charge in [0.05, 0.1) is 12.9 Å². The van der Waals surface area contributed by atoms with Crippen molar-refractivity contribution in [3.05, 3.63) is 59.6 Å². The topological polar surface area (TPSA) is 132 Å². The summed E-state index contributed by atoms with van der Waals surface area (Å²) in [6, 6.07) is 10.5. The van der Waals surface area contributed by atoms with Gasteiger partial charge in [-0.2, -0.15) is 4.98 Å². The second kappa shape index (κ2) is 6.54. The maximum absolute atomic E-state index is 11.4. The molecule has 4 N–H and O–H groups in total. The summed E-state index contributed by atoms with van der Waals surface area (Å²) in [5.41, 5.74) is 10.5. The van der Waals surface area contributed by atoms with Crippen LogP contribution < -0.4 is 11.2 Å². The Bertz CT molecular complexity index is 1130. The number of hydroxylamine groups is 1. The highest BCUT2D eigenvalue weighted by molar-refractivity contribution is 5.93. The predicted molar refractivity (Wildman–Crippen MR) is 97.0 cm³/mol. The van der Waals surface area contributed by atoms with Gasteiger partial charge in [-0.25, -0.2) is 15.4 Å². The van der Waals surface area contributed by atoms with E-state index in [1.165, 1.54) is 0 Å². The Hall–Kier alpha value is -3.72. The van der Waals surface area contributed by atoms with E-state index in [0.717, 1.165) is 11.3 Å². The monoisotopic (exact) mass is 364 g/mol. The van der Waals surface area contributed by atoms with Crippen molar-refractivity contribution in [2.75, 3.05) is 5.73 Å². The first-order valence-electron chi connectivity index (χ1n) is 8.13. The van der Waals surface area contributed by atoms with Crippen LogP contribution in [0.5, 0.6) is 0 Å². The summed E-state index contributed by atoms with van der Waals surface area (Å²) in [5, 5.41) is 8.69. The molecule has 1 aromatic carbocycles. The number of carbonyl (C=O) groups excluding carboxylic acids is 1. The van der Waals surface area contributed by atoms with Crippen molar-refractivity contribution in [3.8, 4) is 11.5 Å². The van der Waals surface area contributed by atoms with Gasteiger partial charge in [0, 0.05) is 5.56 Å². The van der Waals surface area contributed by atoms with Crippen molar-refractivity contribution in [2.24, 2.45) is 0 Å². The fourth-order valence-corrected chi connectivity index (χ4v) is 2.83. The van der Waals surface area contributed by atoms with E-state index >= 15 is 0 Å². The first-order valence-corrected chi connectivity index (χ1v) is 8.13. The average Bonchev–Trinajstić information content (AvgIpc) is 3.28. The number of imidazole rings is 1. The van der Waals surface area contributed by atoms with Gasteiger partial charge in [-0.05, 0) is 36.8 Å².